The summed E-state index contributed by atoms with van der Waals surface area (Å²) in [6, 6.07) is 5.85. The summed E-state index contributed by atoms with van der Waals surface area (Å²) in [6.45, 7) is 1.96. The molecular weight excluding hydrogens is 230 g/mol. The summed E-state index contributed by atoms with van der Waals surface area (Å²) in [5.74, 6) is -1.16. The van der Waals surface area contributed by atoms with E-state index in [9.17, 15) is 9.59 Å². The van der Waals surface area contributed by atoms with E-state index in [4.69, 9.17) is 5.11 Å². The zero-order valence-electron chi connectivity index (χ0n) is 10.0. The van der Waals surface area contributed by atoms with Gasteiger partial charge in [0.2, 0.25) is 5.43 Å². The highest BCUT2D eigenvalue weighted by Gasteiger charge is 2.26. The topological polar surface area (TPSA) is 59.3 Å². The molecule has 1 N–H and O–H groups in total. The molecule has 0 spiro atoms. The fourth-order valence-electron chi connectivity index (χ4n) is 2.27. The van der Waals surface area contributed by atoms with Gasteiger partial charge in [-0.3, -0.25) is 4.79 Å². The van der Waals surface area contributed by atoms with Crippen LogP contribution in [0, 0.1) is 6.92 Å². The van der Waals surface area contributed by atoms with Gasteiger partial charge >= 0.3 is 5.97 Å². The molecule has 0 unspecified atom stereocenters. The largest absolute Gasteiger partial charge is 0.477 e. The van der Waals surface area contributed by atoms with Crippen molar-refractivity contribution in [3.8, 4) is 0 Å². The van der Waals surface area contributed by atoms with Gasteiger partial charge in [0.1, 0.15) is 5.56 Å². The Kier molecular flexibility index (Phi) is 2.26. The number of carboxylic acid groups (broad SMARTS) is 1. The van der Waals surface area contributed by atoms with E-state index in [1.54, 1.807) is 6.07 Å². The lowest BCUT2D eigenvalue weighted by atomic mass is 10.1. The number of aryl methyl sites for hydroxylation is 1. The van der Waals surface area contributed by atoms with Crippen molar-refractivity contribution in [3.05, 3.63) is 45.7 Å². The smallest absolute Gasteiger partial charge is 0.341 e. The first-order chi connectivity index (χ1) is 8.58. The van der Waals surface area contributed by atoms with Gasteiger partial charge in [-0.05, 0) is 37.5 Å². The molecule has 1 aromatic heterocycles. The number of carbonyl (C=O) groups is 1. The van der Waals surface area contributed by atoms with E-state index in [0.717, 1.165) is 23.9 Å². The molecule has 1 aliphatic carbocycles. The van der Waals surface area contributed by atoms with Crippen LogP contribution in [0.15, 0.2) is 29.2 Å². The highest BCUT2D eigenvalue weighted by atomic mass is 16.4. The number of rotatable bonds is 2. The predicted octanol–water partition coefficient (Wildman–Crippen LogP) is 2.34. The van der Waals surface area contributed by atoms with Gasteiger partial charge in [-0.1, -0.05) is 6.07 Å². The lowest BCUT2D eigenvalue weighted by Gasteiger charge is -2.11. The number of carboxylic acids is 1. The second kappa shape index (κ2) is 3.70. The van der Waals surface area contributed by atoms with E-state index >= 15 is 0 Å². The number of hydrogen-bond acceptors (Lipinski definition) is 2. The summed E-state index contributed by atoms with van der Waals surface area (Å²) >= 11 is 0. The van der Waals surface area contributed by atoms with Crippen molar-refractivity contribution in [2.45, 2.75) is 25.8 Å². The van der Waals surface area contributed by atoms with Crippen molar-refractivity contribution in [3.63, 3.8) is 0 Å². The van der Waals surface area contributed by atoms with Crippen LogP contribution in [0.4, 0.5) is 0 Å². The summed E-state index contributed by atoms with van der Waals surface area (Å²) < 4.78 is 1.94. The number of benzene rings is 1. The van der Waals surface area contributed by atoms with Crippen molar-refractivity contribution < 1.29 is 9.90 Å². The lowest BCUT2D eigenvalue weighted by Crippen LogP contribution is -2.18. The molecule has 4 heteroatoms. The lowest BCUT2D eigenvalue weighted by molar-refractivity contribution is 0.0695. The average molecular weight is 243 g/mol. The van der Waals surface area contributed by atoms with Gasteiger partial charge in [-0.15, -0.1) is 0 Å². The zero-order valence-corrected chi connectivity index (χ0v) is 10.0. The van der Waals surface area contributed by atoms with Crippen molar-refractivity contribution in [1.82, 2.24) is 4.57 Å². The van der Waals surface area contributed by atoms with Crippen LogP contribution in [0.2, 0.25) is 0 Å². The Balaban J connectivity index is 2.43. The SMILES string of the molecule is Cc1ccc2c(=O)c(C(=O)O)cn(C3CC3)c2c1. The quantitative estimate of drug-likeness (QED) is 0.880. The normalized spacial score (nSPS) is 14.9. The molecule has 1 aromatic carbocycles. The minimum absolute atomic E-state index is 0.141. The fraction of sp³-hybridized carbons (Fsp3) is 0.286. The third-order valence-electron chi connectivity index (χ3n) is 3.36. The third-order valence-corrected chi connectivity index (χ3v) is 3.36. The third kappa shape index (κ3) is 1.61. The van der Waals surface area contributed by atoms with Gasteiger partial charge in [0.25, 0.3) is 0 Å². The molecule has 1 heterocycles. The van der Waals surface area contributed by atoms with Crippen molar-refractivity contribution in [2.75, 3.05) is 0 Å². The van der Waals surface area contributed by atoms with Crippen LogP contribution in [-0.2, 0) is 0 Å². The number of aromatic nitrogens is 1. The summed E-state index contributed by atoms with van der Waals surface area (Å²) in [6.07, 6.45) is 3.58. The van der Waals surface area contributed by atoms with E-state index in [2.05, 4.69) is 0 Å². The minimum atomic E-state index is -1.16. The van der Waals surface area contributed by atoms with Crippen molar-refractivity contribution in [2.24, 2.45) is 0 Å². The van der Waals surface area contributed by atoms with Crippen LogP contribution < -0.4 is 5.43 Å². The van der Waals surface area contributed by atoms with Crippen LogP contribution in [0.1, 0.15) is 34.8 Å². The Labute approximate surface area is 103 Å². The minimum Gasteiger partial charge on any atom is -0.477 e. The van der Waals surface area contributed by atoms with E-state index in [0.29, 0.717) is 11.4 Å². The summed E-state index contributed by atoms with van der Waals surface area (Å²) in [5.41, 5.74) is 1.37. The Morgan fingerprint density at radius 2 is 2.11 bits per heavy atom. The molecule has 1 saturated carbocycles. The second-order valence-corrected chi connectivity index (χ2v) is 4.84. The molecular formula is C14H13NO3. The van der Waals surface area contributed by atoms with E-state index in [1.165, 1.54) is 6.20 Å². The van der Waals surface area contributed by atoms with Crippen LogP contribution in [-0.4, -0.2) is 15.6 Å². The molecule has 0 amide bonds. The highest BCUT2D eigenvalue weighted by Crippen LogP contribution is 2.37. The maximum atomic E-state index is 12.1. The molecule has 1 aliphatic rings. The van der Waals surface area contributed by atoms with E-state index < -0.39 is 11.4 Å². The fourth-order valence-corrected chi connectivity index (χ4v) is 2.27. The summed E-state index contributed by atoms with van der Waals surface area (Å²) in [7, 11) is 0. The average Bonchev–Trinajstić information content (AvgIpc) is 3.13. The van der Waals surface area contributed by atoms with Gasteiger partial charge in [0.15, 0.2) is 0 Å². The van der Waals surface area contributed by atoms with Crippen LogP contribution >= 0.6 is 0 Å². The summed E-state index contributed by atoms with van der Waals surface area (Å²) in [4.78, 5) is 23.2. The molecule has 0 aliphatic heterocycles. The van der Waals surface area contributed by atoms with Gasteiger partial charge < -0.3 is 9.67 Å². The van der Waals surface area contributed by atoms with Gasteiger partial charge in [-0.25, -0.2) is 4.79 Å². The molecule has 92 valence electrons. The summed E-state index contributed by atoms with van der Waals surface area (Å²) in [5, 5.41) is 9.59. The van der Waals surface area contributed by atoms with Gasteiger partial charge in [-0.2, -0.15) is 0 Å². The van der Waals surface area contributed by atoms with Gasteiger partial charge in [0.05, 0.1) is 5.52 Å². The van der Waals surface area contributed by atoms with E-state index in [1.807, 2.05) is 23.6 Å². The molecule has 2 aromatic rings. The molecule has 0 radical (unpaired) electrons. The first kappa shape index (κ1) is 11.0. The number of aromatic carboxylic acids is 1. The molecule has 0 bridgehead atoms. The maximum absolute atomic E-state index is 12.1. The standard InChI is InChI=1S/C14H13NO3/c1-8-2-5-10-12(6-8)15(9-3-4-9)7-11(13(10)16)14(17)18/h2,5-7,9H,3-4H2,1H3,(H,17,18). The Morgan fingerprint density at radius 1 is 1.39 bits per heavy atom. The highest BCUT2D eigenvalue weighted by molar-refractivity contribution is 5.92. The molecule has 0 atom stereocenters. The van der Waals surface area contributed by atoms with Gasteiger partial charge in [0, 0.05) is 17.6 Å². The predicted molar refractivity (Wildman–Crippen MR) is 68.2 cm³/mol. The molecule has 1 fully saturated rings. The second-order valence-electron chi connectivity index (χ2n) is 4.84. The number of fused-ring (bicyclic) bond motifs is 1. The Morgan fingerprint density at radius 3 is 2.72 bits per heavy atom. The first-order valence-electron chi connectivity index (χ1n) is 5.97. The number of hydrogen-bond donors (Lipinski definition) is 1. The Hall–Kier alpha value is -2.10. The molecule has 0 saturated heterocycles. The number of nitrogens with zero attached hydrogens (tertiary/aromatic N) is 1. The van der Waals surface area contributed by atoms with Crippen LogP contribution in [0.3, 0.4) is 0 Å². The molecule has 3 rings (SSSR count). The maximum Gasteiger partial charge on any atom is 0.341 e. The monoisotopic (exact) mass is 243 g/mol. The molecule has 18 heavy (non-hydrogen) atoms. The van der Waals surface area contributed by atoms with Crippen molar-refractivity contribution >= 4 is 16.9 Å². The first-order valence-corrected chi connectivity index (χ1v) is 5.97. The Bertz CT molecular complexity index is 711. The molecule has 4 nitrogen and oxygen atoms in total. The number of pyridine rings is 1. The zero-order chi connectivity index (χ0) is 12.9. The van der Waals surface area contributed by atoms with Crippen LogP contribution in [0.5, 0.6) is 0 Å². The van der Waals surface area contributed by atoms with Crippen LogP contribution in [0.25, 0.3) is 10.9 Å². The van der Waals surface area contributed by atoms with E-state index in [-0.39, 0.29) is 5.56 Å². The van der Waals surface area contributed by atoms with Crippen molar-refractivity contribution in [1.29, 1.82) is 0 Å².